The minimum atomic E-state index is -3.18. The number of nitrogens with zero attached hydrogens (tertiary/aromatic N) is 1. The molecule has 0 aliphatic rings. The quantitative estimate of drug-likeness (QED) is 0.0219. The topological polar surface area (TPSA) is 123 Å². The molecule has 0 aliphatic heterocycles. The molecule has 2 radical (unpaired) electrons. The van der Waals surface area contributed by atoms with E-state index >= 15 is 0 Å². The van der Waals surface area contributed by atoms with Gasteiger partial charge in [-0.2, -0.15) is 0 Å². The molecule has 0 fully saturated rings. The minimum absolute atomic E-state index is 0.0210. The average Bonchev–Trinajstić information content (AvgIpc) is 3.24. The van der Waals surface area contributed by atoms with Crippen LogP contribution in [0.2, 0.25) is 0 Å². The second kappa shape index (κ2) is 38.0. The van der Waals surface area contributed by atoms with Crippen LogP contribution in [0.3, 0.4) is 0 Å². The summed E-state index contributed by atoms with van der Waals surface area (Å²) in [5, 5.41) is 22.7. The molecule has 1 unspecified atom stereocenters. The van der Waals surface area contributed by atoms with E-state index in [9.17, 15) is 24.6 Å². The first kappa shape index (κ1) is 56.5. The average molecular weight is 864 g/mol. The number of allylic oxidation sites excluding steroid dienone is 8. The Kier molecular flexibility index (Phi) is 34.6. The first-order valence-corrected chi connectivity index (χ1v) is 24.1. The van der Waals surface area contributed by atoms with Crippen LogP contribution in [0.5, 0.6) is 0 Å². The maximum atomic E-state index is 13.3. The van der Waals surface area contributed by atoms with Gasteiger partial charge in [0.25, 0.3) is 0 Å². The molecule has 0 aliphatic carbocycles. The molecular formula is C53H85NO8. The normalized spacial score (nSPS) is 12.7. The van der Waals surface area contributed by atoms with Crippen molar-refractivity contribution in [3.8, 4) is 0 Å². The van der Waals surface area contributed by atoms with Crippen LogP contribution in [-0.2, 0) is 35.2 Å². The van der Waals surface area contributed by atoms with Crippen LogP contribution in [0.1, 0.15) is 204 Å². The molecule has 0 heterocycles. The summed E-state index contributed by atoms with van der Waals surface area (Å²) in [7, 11) is 3.85. The molecule has 0 saturated carbocycles. The Labute approximate surface area is 377 Å². The van der Waals surface area contributed by atoms with E-state index in [0.29, 0.717) is 30.4 Å². The van der Waals surface area contributed by atoms with E-state index in [1.165, 1.54) is 38.5 Å². The molecule has 1 atom stereocenters. The second-order valence-electron chi connectivity index (χ2n) is 16.7. The van der Waals surface area contributed by atoms with Gasteiger partial charge in [0.2, 0.25) is 6.10 Å². The Balaban J connectivity index is 2.80. The van der Waals surface area contributed by atoms with Crippen molar-refractivity contribution < 1.29 is 38.8 Å². The standard InChI is InChI=1S/C53H85NO8/c1-6-9-11-13-15-17-19-21-23-25-27-29-31-33-35-38-50(56)61-52(48-42-41-46(8-3)44-47(48)45-60-49(55)40-37-43-54(4)5)53(58,59)62-51(57)39-36-34-32-30-28-26-24-22-20-18-16-14-12-10-7-2/h8,15-18,21-24,41-42,44,52,58-59H,3,6-7,9-14,19-20,25-40,43,45H2,1-2,4-5H3/b17-15-,18-16-,23-21-,24-22-. The van der Waals surface area contributed by atoms with Gasteiger partial charge in [0, 0.05) is 24.8 Å². The van der Waals surface area contributed by atoms with Gasteiger partial charge in [-0.05, 0) is 129 Å². The fourth-order valence-electron chi connectivity index (χ4n) is 6.87. The SMILES string of the molecule is [CH2][CH]c1ccc(C(OC(=O)CCCCCCC/C=C\C/C=C\CCCCC)C(O)(O)OC(=O)CCCCCCC/C=C\C/C=C\CCCCC)c(COC(=O)CCCN(C)C)c1. The van der Waals surface area contributed by atoms with Crippen molar-refractivity contribution >= 4 is 17.9 Å². The van der Waals surface area contributed by atoms with Gasteiger partial charge < -0.3 is 29.3 Å². The zero-order valence-corrected chi connectivity index (χ0v) is 39.3. The summed E-state index contributed by atoms with van der Waals surface area (Å²) in [6, 6.07) is 4.90. The summed E-state index contributed by atoms with van der Waals surface area (Å²) in [5.41, 5.74) is 1.21. The molecule has 0 amide bonds. The van der Waals surface area contributed by atoms with Gasteiger partial charge in [-0.3, -0.25) is 14.4 Å². The van der Waals surface area contributed by atoms with Crippen molar-refractivity contribution in [2.24, 2.45) is 0 Å². The number of hydrogen-bond acceptors (Lipinski definition) is 9. The number of rotatable bonds is 39. The van der Waals surface area contributed by atoms with E-state index in [2.05, 4.69) is 69.4 Å². The zero-order valence-electron chi connectivity index (χ0n) is 39.3. The van der Waals surface area contributed by atoms with E-state index in [1.54, 1.807) is 24.6 Å². The van der Waals surface area contributed by atoms with Crippen LogP contribution in [0.25, 0.3) is 0 Å². The highest BCUT2D eigenvalue weighted by atomic mass is 16.8. The van der Waals surface area contributed by atoms with Crippen LogP contribution < -0.4 is 0 Å². The Morgan fingerprint density at radius 2 is 1.10 bits per heavy atom. The third-order valence-corrected chi connectivity index (χ3v) is 10.6. The summed E-state index contributed by atoms with van der Waals surface area (Å²) >= 11 is 0. The molecule has 9 heteroatoms. The number of ether oxygens (including phenoxy) is 3. The van der Waals surface area contributed by atoms with Crippen molar-refractivity contribution in [1.82, 2.24) is 4.90 Å². The van der Waals surface area contributed by atoms with Crippen LogP contribution in [0, 0.1) is 13.3 Å². The summed E-state index contributed by atoms with van der Waals surface area (Å²) < 4.78 is 16.6. The molecular weight excluding hydrogens is 779 g/mol. The molecule has 1 aromatic rings. The molecule has 62 heavy (non-hydrogen) atoms. The molecule has 1 aromatic carbocycles. The van der Waals surface area contributed by atoms with Crippen molar-refractivity contribution in [1.29, 1.82) is 0 Å². The fraction of sp³-hybridized carbons (Fsp3) is 0.642. The van der Waals surface area contributed by atoms with Crippen molar-refractivity contribution in [2.45, 2.75) is 199 Å². The van der Waals surface area contributed by atoms with Gasteiger partial charge in [0.15, 0.2) is 0 Å². The second-order valence-corrected chi connectivity index (χ2v) is 16.7. The molecule has 350 valence electrons. The fourth-order valence-corrected chi connectivity index (χ4v) is 6.87. The highest BCUT2D eigenvalue weighted by Crippen LogP contribution is 2.34. The number of carbonyl (C=O) groups excluding carboxylic acids is 3. The predicted octanol–water partition coefficient (Wildman–Crippen LogP) is 12.9. The molecule has 1 rings (SSSR count). The highest BCUT2D eigenvalue weighted by Gasteiger charge is 2.44. The number of esters is 3. The Morgan fingerprint density at radius 3 is 1.60 bits per heavy atom. The minimum Gasteiger partial charge on any atom is -0.461 e. The number of hydrogen-bond donors (Lipinski definition) is 2. The van der Waals surface area contributed by atoms with Crippen LogP contribution in [0.15, 0.2) is 66.8 Å². The molecule has 9 nitrogen and oxygen atoms in total. The lowest BCUT2D eigenvalue weighted by Gasteiger charge is -2.31. The first-order chi connectivity index (χ1) is 30.0. The predicted molar refractivity (Wildman–Crippen MR) is 254 cm³/mol. The third-order valence-electron chi connectivity index (χ3n) is 10.6. The molecule has 2 N–H and O–H groups in total. The largest absolute Gasteiger partial charge is 0.461 e. The molecule has 0 saturated heterocycles. The molecule has 0 bridgehead atoms. The number of aliphatic hydroxyl groups is 2. The van der Waals surface area contributed by atoms with E-state index in [4.69, 9.17) is 14.2 Å². The van der Waals surface area contributed by atoms with Gasteiger partial charge in [-0.25, -0.2) is 0 Å². The Bertz CT molecular complexity index is 1430. The monoisotopic (exact) mass is 864 g/mol. The zero-order chi connectivity index (χ0) is 45.5. The van der Waals surface area contributed by atoms with Gasteiger partial charge in [0.1, 0.15) is 6.61 Å². The van der Waals surface area contributed by atoms with Crippen molar-refractivity contribution in [3.63, 3.8) is 0 Å². The maximum absolute atomic E-state index is 13.3. The third kappa shape index (κ3) is 30.5. The number of carbonyl (C=O) groups is 3. The van der Waals surface area contributed by atoms with Gasteiger partial charge >= 0.3 is 23.9 Å². The van der Waals surface area contributed by atoms with Crippen molar-refractivity contribution in [2.75, 3.05) is 20.6 Å². The molecule has 0 spiro atoms. The van der Waals surface area contributed by atoms with E-state index in [-0.39, 0.29) is 31.4 Å². The smallest absolute Gasteiger partial charge is 0.368 e. The van der Waals surface area contributed by atoms with E-state index < -0.39 is 30.0 Å². The number of benzene rings is 1. The van der Waals surface area contributed by atoms with Gasteiger partial charge in [-0.1, -0.05) is 145 Å². The van der Waals surface area contributed by atoms with Crippen LogP contribution in [0.4, 0.5) is 0 Å². The van der Waals surface area contributed by atoms with Gasteiger partial charge in [0.05, 0.1) is 0 Å². The summed E-state index contributed by atoms with van der Waals surface area (Å²) in [6.07, 6.45) is 41.2. The Hall–Kier alpha value is -3.53. The van der Waals surface area contributed by atoms with E-state index in [0.717, 1.165) is 96.4 Å². The van der Waals surface area contributed by atoms with Crippen LogP contribution >= 0.6 is 0 Å². The first-order valence-electron chi connectivity index (χ1n) is 24.1. The summed E-state index contributed by atoms with van der Waals surface area (Å²) in [6.45, 7) is 8.77. The van der Waals surface area contributed by atoms with Crippen molar-refractivity contribution in [3.05, 3.63) is 96.8 Å². The van der Waals surface area contributed by atoms with Gasteiger partial charge in [-0.15, -0.1) is 0 Å². The number of unbranched alkanes of at least 4 members (excludes halogenated alkanes) is 16. The molecule has 0 aromatic heterocycles. The van der Waals surface area contributed by atoms with E-state index in [1.807, 2.05) is 19.0 Å². The Morgan fingerprint density at radius 1 is 0.629 bits per heavy atom. The maximum Gasteiger partial charge on any atom is 0.368 e. The lowest BCUT2D eigenvalue weighted by atomic mass is 9.97. The lowest BCUT2D eigenvalue weighted by molar-refractivity contribution is -0.362. The lowest BCUT2D eigenvalue weighted by Crippen LogP contribution is -2.43. The summed E-state index contributed by atoms with van der Waals surface area (Å²) in [5.74, 6) is -5.06. The van der Waals surface area contributed by atoms with Crippen LogP contribution in [-0.4, -0.2) is 59.6 Å². The highest BCUT2D eigenvalue weighted by molar-refractivity contribution is 5.71. The summed E-state index contributed by atoms with van der Waals surface area (Å²) in [4.78, 5) is 40.9.